The lowest BCUT2D eigenvalue weighted by molar-refractivity contribution is -0.137. The summed E-state index contributed by atoms with van der Waals surface area (Å²) in [6.07, 6.45) is 0.0590. The molecule has 33 heavy (non-hydrogen) atoms. The minimum absolute atomic E-state index is 0.0624. The predicted molar refractivity (Wildman–Crippen MR) is 129 cm³/mol. The number of rotatable bonds is 0. The van der Waals surface area contributed by atoms with E-state index in [-0.39, 0.29) is 17.2 Å². The second-order valence-corrected chi connectivity index (χ2v) is 11.0. The van der Waals surface area contributed by atoms with Gasteiger partial charge in [0.05, 0.1) is 5.69 Å². The number of hydrogen-bond acceptors (Lipinski definition) is 4. The van der Waals surface area contributed by atoms with E-state index in [1.54, 1.807) is 47.0 Å². The molecule has 1 aromatic carbocycles. The zero-order valence-corrected chi connectivity index (χ0v) is 21.5. The molecule has 6 nitrogen and oxygen atoms in total. The van der Waals surface area contributed by atoms with Crippen molar-refractivity contribution in [3.63, 3.8) is 0 Å². The van der Waals surface area contributed by atoms with Crippen LogP contribution in [0.5, 0.6) is 0 Å². The van der Waals surface area contributed by atoms with Gasteiger partial charge in [0.2, 0.25) is 11.8 Å². The zero-order valence-electron chi connectivity index (χ0n) is 21.5. The van der Waals surface area contributed by atoms with Gasteiger partial charge in [0.1, 0.15) is 5.84 Å². The lowest BCUT2D eigenvalue weighted by Gasteiger charge is -2.19. The average Bonchev–Trinajstić information content (AvgIpc) is 2.98. The number of allylic oxidation sites excluding steroid dienone is 1. The van der Waals surface area contributed by atoms with Crippen LogP contribution >= 0.6 is 0 Å². The van der Waals surface area contributed by atoms with Gasteiger partial charge in [-0.25, -0.2) is 10.5 Å². The largest absolute Gasteiger partial charge is 0.314 e. The van der Waals surface area contributed by atoms with Gasteiger partial charge in [-0.15, -0.1) is 0 Å². The average molecular weight is 468 g/mol. The summed E-state index contributed by atoms with van der Waals surface area (Å²) < 4.78 is 22.8. The Hall–Kier alpha value is -2.61. The fourth-order valence-corrected chi connectivity index (χ4v) is 2.44. The fraction of sp³-hybridized carbons (Fsp3) is 0.560. The topological polar surface area (TPSA) is 90.8 Å². The van der Waals surface area contributed by atoms with Gasteiger partial charge in [0, 0.05) is 18.8 Å². The van der Waals surface area contributed by atoms with E-state index >= 15 is 0 Å². The summed E-state index contributed by atoms with van der Waals surface area (Å²) >= 11 is 0. The normalized spacial score (nSPS) is 12.7. The zero-order chi connectivity index (χ0) is 26.2. The van der Waals surface area contributed by atoms with Crippen molar-refractivity contribution in [2.45, 2.75) is 81.1 Å². The van der Waals surface area contributed by atoms with Gasteiger partial charge >= 0.3 is 0 Å². The van der Waals surface area contributed by atoms with Crippen molar-refractivity contribution in [3.05, 3.63) is 41.5 Å². The molecule has 0 saturated heterocycles. The lowest BCUT2D eigenvalue weighted by Crippen LogP contribution is -2.32. The van der Waals surface area contributed by atoms with Gasteiger partial charge in [-0.05, 0) is 34.1 Å². The van der Waals surface area contributed by atoms with Crippen LogP contribution in [0, 0.1) is 10.8 Å². The second-order valence-electron chi connectivity index (χ2n) is 11.0. The highest BCUT2D eigenvalue weighted by molar-refractivity contribution is 6.02. The standard InChI is InChI=1S/C14H18N2O.C6H10F2.C5H11NO2/c1-9(17)15-13-8-10-7-11(14(2,3)4)5-6-12(10)16-13;1-6(2,3)4-5(7)8;1-5(2,3)4(7)6-8/h5-7H,8H2,1-4H3,(H,15,16,17);4H,1-3H3;8H,1-3H3,(H,6,7). The van der Waals surface area contributed by atoms with E-state index in [4.69, 9.17) is 5.21 Å². The van der Waals surface area contributed by atoms with Gasteiger partial charge in [-0.1, -0.05) is 74.4 Å². The van der Waals surface area contributed by atoms with Crippen LogP contribution < -0.4 is 10.8 Å². The van der Waals surface area contributed by atoms with Gasteiger partial charge in [-0.3, -0.25) is 14.8 Å². The first-order valence-electron chi connectivity index (χ1n) is 10.7. The Morgan fingerprint density at radius 2 is 1.58 bits per heavy atom. The minimum atomic E-state index is -1.60. The Bertz CT molecular complexity index is 884. The number of hydrogen-bond donors (Lipinski definition) is 3. The minimum Gasteiger partial charge on any atom is -0.314 e. The monoisotopic (exact) mass is 467 g/mol. The van der Waals surface area contributed by atoms with Crippen molar-refractivity contribution in [2.24, 2.45) is 15.8 Å². The molecule has 186 valence electrons. The molecule has 1 aliphatic rings. The highest BCUT2D eigenvalue weighted by Gasteiger charge is 2.20. The fourth-order valence-electron chi connectivity index (χ4n) is 2.44. The van der Waals surface area contributed by atoms with Crippen LogP contribution in [-0.2, 0) is 21.4 Å². The Balaban J connectivity index is 0.000000539. The summed E-state index contributed by atoms with van der Waals surface area (Å²) in [6.45, 7) is 18.4. The van der Waals surface area contributed by atoms with Crippen LogP contribution in [0.3, 0.4) is 0 Å². The first-order valence-corrected chi connectivity index (χ1v) is 10.7. The van der Waals surface area contributed by atoms with E-state index in [0.29, 0.717) is 0 Å². The number of carbonyl (C=O) groups is 2. The Morgan fingerprint density at radius 1 is 1.03 bits per heavy atom. The van der Waals surface area contributed by atoms with Gasteiger partial charge in [-0.2, -0.15) is 8.78 Å². The molecule has 1 aliphatic heterocycles. The number of halogens is 2. The molecular weight excluding hydrogens is 428 g/mol. The molecule has 0 aliphatic carbocycles. The number of nitrogens with one attached hydrogen (secondary N) is 2. The molecule has 0 saturated carbocycles. The summed E-state index contributed by atoms with van der Waals surface area (Å²) in [4.78, 5) is 25.9. The number of aliphatic imine (C=N–C) groups is 1. The van der Waals surface area contributed by atoms with E-state index in [1.807, 2.05) is 6.07 Å². The van der Waals surface area contributed by atoms with Crippen LogP contribution in [-0.4, -0.2) is 22.9 Å². The molecule has 1 aromatic rings. The van der Waals surface area contributed by atoms with Crippen molar-refractivity contribution in [2.75, 3.05) is 0 Å². The third-order valence-corrected chi connectivity index (χ3v) is 4.20. The molecule has 0 fully saturated rings. The maximum Gasteiger partial charge on any atom is 0.266 e. The number of benzene rings is 1. The number of amidine groups is 1. The van der Waals surface area contributed by atoms with E-state index in [2.05, 4.69) is 43.2 Å². The smallest absolute Gasteiger partial charge is 0.266 e. The second kappa shape index (κ2) is 12.0. The molecule has 0 aromatic heterocycles. The Labute approximate surface area is 196 Å². The first-order chi connectivity index (χ1) is 14.8. The molecule has 0 bridgehead atoms. The van der Waals surface area contributed by atoms with Crippen molar-refractivity contribution in [1.82, 2.24) is 10.8 Å². The van der Waals surface area contributed by atoms with E-state index in [0.717, 1.165) is 24.0 Å². The maximum absolute atomic E-state index is 11.4. The lowest BCUT2D eigenvalue weighted by atomic mass is 9.86. The van der Waals surface area contributed by atoms with Gasteiger partial charge in [0.25, 0.3) is 6.08 Å². The summed E-state index contributed by atoms with van der Waals surface area (Å²) in [5, 5.41) is 10.8. The van der Waals surface area contributed by atoms with E-state index < -0.39 is 16.9 Å². The number of hydroxylamine groups is 1. The predicted octanol–water partition coefficient (Wildman–Crippen LogP) is 6.06. The summed E-state index contributed by atoms with van der Waals surface area (Å²) in [5.74, 6) is 0.323. The van der Waals surface area contributed by atoms with Gasteiger partial charge < -0.3 is 5.32 Å². The first kappa shape index (κ1) is 30.4. The number of amides is 2. The Morgan fingerprint density at radius 3 is 1.88 bits per heavy atom. The van der Waals surface area contributed by atoms with Crippen LogP contribution in [0.4, 0.5) is 14.5 Å². The number of fused-ring (bicyclic) bond motifs is 1. The maximum atomic E-state index is 11.4. The van der Waals surface area contributed by atoms with Crippen LogP contribution in [0.1, 0.15) is 80.4 Å². The molecule has 0 atom stereocenters. The molecule has 0 radical (unpaired) electrons. The van der Waals surface area contributed by atoms with Crippen LogP contribution in [0.25, 0.3) is 0 Å². The summed E-state index contributed by atoms with van der Waals surface area (Å²) in [6, 6.07) is 6.33. The van der Waals surface area contributed by atoms with E-state index in [9.17, 15) is 18.4 Å². The summed E-state index contributed by atoms with van der Waals surface area (Å²) in [7, 11) is 0. The van der Waals surface area contributed by atoms with Gasteiger partial charge in [0.15, 0.2) is 0 Å². The van der Waals surface area contributed by atoms with Crippen molar-refractivity contribution in [1.29, 1.82) is 0 Å². The molecule has 2 rings (SSSR count). The summed E-state index contributed by atoms with van der Waals surface area (Å²) in [5.41, 5.74) is 4.30. The number of carbonyl (C=O) groups excluding carboxylic acids is 2. The van der Waals surface area contributed by atoms with Crippen molar-refractivity contribution < 1.29 is 23.6 Å². The molecule has 2 amide bonds. The quantitative estimate of drug-likeness (QED) is 0.320. The SMILES string of the molecule is CC(=O)NC1=Nc2ccc(C(C)(C)C)cc2C1.CC(C)(C)C(=O)NO.CC(C)(C)C=C(F)F. The molecule has 3 N–H and O–H groups in total. The van der Waals surface area contributed by atoms with Crippen LogP contribution in [0.2, 0.25) is 0 Å². The molecule has 0 unspecified atom stereocenters. The Kier molecular flexibility index (Phi) is 11.1. The molecular formula is C25H39F2N3O3. The third kappa shape index (κ3) is 12.9. The molecule has 8 heteroatoms. The number of nitrogens with zero attached hydrogens (tertiary/aromatic N) is 1. The highest BCUT2D eigenvalue weighted by Crippen LogP contribution is 2.31. The van der Waals surface area contributed by atoms with Crippen molar-refractivity contribution >= 4 is 23.3 Å². The van der Waals surface area contributed by atoms with Crippen LogP contribution in [0.15, 0.2) is 35.3 Å². The van der Waals surface area contributed by atoms with Crippen molar-refractivity contribution in [3.8, 4) is 0 Å². The molecule has 1 heterocycles. The van der Waals surface area contributed by atoms with E-state index in [1.165, 1.54) is 18.1 Å². The highest BCUT2D eigenvalue weighted by atomic mass is 19.3. The third-order valence-electron chi connectivity index (χ3n) is 4.20. The molecule has 0 spiro atoms.